The van der Waals surface area contributed by atoms with Gasteiger partial charge in [0.1, 0.15) is 0 Å². The van der Waals surface area contributed by atoms with Crippen molar-refractivity contribution >= 4 is 0 Å². The first-order chi connectivity index (χ1) is 10.2. The molecule has 0 radical (unpaired) electrons. The van der Waals surface area contributed by atoms with Gasteiger partial charge in [-0.25, -0.2) is 0 Å². The molecule has 2 rings (SSSR count). The maximum absolute atomic E-state index is 2.27. The highest BCUT2D eigenvalue weighted by atomic mass is 14.1. The predicted octanol–water partition coefficient (Wildman–Crippen LogP) is 6.85. The van der Waals surface area contributed by atoms with Crippen LogP contribution in [0.2, 0.25) is 0 Å². The molecule has 0 saturated heterocycles. The molecule has 22 heavy (non-hydrogen) atoms. The number of rotatable bonds is 2. The monoisotopic (exact) mass is 296 g/mol. The summed E-state index contributed by atoms with van der Waals surface area (Å²) in [6, 6.07) is 13.2. The van der Waals surface area contributed by atoms with Crippen LogP contribution in [0.1, 0.15) is 72.9 Å². The first-order valence-corrected chi connectivity index (χ1v) is 8.36. The zero-order valence-electron chi connectivity index (χ0n) is 15.6. The van der Waals surface area contributed by atoms with Gasteiger partial charge in [-0.3, -0.25) is 0 Å². The second-order valence-electron chi connectivity index (χ2n) is 7.03. The Morgan fingerprint density at radius 3 is 1.41 bits per heavy atom. The molecule has 0 heteroatoms. The Kier molecular flexibility index (Phi) is 6.87. The third-order valence-corrected chi connectivity index (χ3v) is 4.06. The van der Waals surface area contributed by atoms with Crippen molar-refractivity contribution in [3.8, 4) is 0 Å². The molecular formula is C22H32. The van der Waals surface area contributed by atoms with Gasteiger partial charge in [-0.2, -0.15) is 0 Å². The summed E-state index contributed by atoms with van der Waals surface area (Å²) in [5, 5.41) is 0. The van der Waals surface area contributed by atoms with E-state index >= 15 is 0 Å². The molecular weight excluding hydrogens is 264 g/mol. The summed E-state index contributed by atoms with van der Waals surface area (Å²) in [6.45, 7) is 17.6. The molecule has 0 N–H and O–H groups in total. The molecule has 2 aromatic rings. The summed E-state index contributed by atoms with van der Waals surface area (Å²) < 4.78 is 0. The Bertz CT molecular complexity index is 563. The highest BCUT2D eigenvalue weighted by Crippen LogP contribution is 2.24. The third-order valence-electron chi connectivity index (χ3n) is 4.06. The van der Waals surface area contributed by atoms with Crippen molar-refractivity contribution in [1.29, 1.82) is 0 Å². The van der Waals surface area contributed by atoms with Crippen LogP contribution in [0.15, 0.2) is 36.4 Å². The second kappa shape index (κ2) is 8.17. The van der Waals surface area contributed by atoms with Crippen LogP contribution >= 0.6 is 0 Å². The molecule has 0 bridgehead atoms. The molecule has 2 aromatic carbocycles. The lowest BCUT2D eigenvalue weighted by atomic mass is 9.92. The van der Waals surface area contributed by atoms with Crippen LogP contribution < -0.4 is 0 Å². The van der Waals surface area contributed by atoms with Crippen LogP contribution in [0.5, 0.6) is 0 Å². The fraction of sp³-hybridized carbons (Fsp3) is 0.455. The summed E-state index contributed by atoms with van der Waals surface area (Å²) in [6.07, 6.45) is 0. The van der Waals surface area contributed by atoms with Gasteiger partial charge in [0.15, 0.2) is 0 Å². The van der Waals surface area contributed by atoms with Gasteiger partial charge in [0.05, 0.1) is 0 Å². The van der Waals surface area contributed by atoms with E-state index in [1.165, 1.54) is 33.4 Å². The molecule has 120 valence electrons. The van der Waals surface area contributed by atoms with E-state index in [1.54, 1.807) is 0 Å². The van der Waals surface area contributed by atoms with Crippen LogP contribution in [0.3, 0.4) is 0 Å². The highest BCUT2D eigenvalue weighted by molar-refractivity contribution is 5.39. The lowest BCUT2D eigenvalue weighted by Crippen LogP contribution is -1.96. The molecule has 0 aromatic heterocycles. The molecule has 0 atom stereocenters. The zero-order valence-corrected chi connectivity index (χ0v) is 15.6. The van der Waals surface area contributed by atoms with Crippen LogP contribution in [0, 0.1) is 27.7 Å². The topological polar surface area (TPSA) is 0 Å². The highest BCUT2D eigenvalue weighted by Gasteiger charge is 2.06. The smallest absolute Gasteiger partial charge is 0.0214 e. The average Bonchev–Trinajstić information content (AvgIpc) is 2.38. The quantitative estimate of drug-likeness (QED) is 0.568. The van der Waals surface area contributed by atoms with E-state index in [9.17, 15) is 0 Å². The third kappa shape index (κ3) is 5.33. The summed E-state index contributed by atoms with van der Waals surface area (Å²) >= 11 is 0. The molecule has 0 spiro atoms. The fourth-order valence-corrected chi connectivity index (χ4v) is 3.05. The Morgan fingerprint density at radius 1 is 0.591 bits per heavy atom. The van der Waals surface area contributed by atoms with Crippen LogP contribution in [0.25, 0.3) is 0 Å². The van der Waals surface area contributed by atoms with E-state index < -0.39 is 0 Å². The molecule has 0 aliphatic heterocycles. The minimum atomic E-state index is 0.644. The lowest BCUT2D eigenvalue weighted by molar-refractivity contribution is 0.845. The van der Waals surface area contributed by atoms with Crippen molar-refractivity contribution in [2.45, 2.75) is 67.2 Å². The largest absolute Gasteiger partial charge is 0.0590 e. The summed E-state index contributed by atoms with van der Waals surface area (Å²) in [5.74, 6) is 1.30. The predicted molar refractivity (Wildman–Crippen MR) is 100 cm³/mol. The van der Waals surface area contributed by atoms with E-state index in [4.69, 9.17) is 0 Å². The summed E-state index contributed by atoms with van der Waals surface area (Å²) in [5.41, 5.74) is 8.51. The molecule has 0 saturated carbocycles. The molecule has 0 fully saturated rings. The molecule has 0 aliphatic rings. The van der Waals surface area contributed by atoms with Crippen molar-refractivity contribution in [3.63, 3.8) is 0 Å². The lowest BCUT2D eigenvalue weighted by Gasteiger charge is -2.14. The Labute approximate surface area is 137 Å². The summed E-state index contributed by atoms with van der Waals surface area (Å²) in [7, 11) is 0. The first kappa shape index (κ1) is 18.5. The fourth-order valence-electron chi connectivity index (χ4n) is 3.05. The standard InChI is InChI=1S/C12H18.C10H14/c1-8(2)12-10(4)6-9(3)7-11(12)5;1-8(2)10-6-4-9(3)5-7-10/h6-8H,1-5H3;4-8H,1-3H3. The van der Waals surface area contributed by atoms with Gasteiger partial charge in [0, 0.05) is 0 Å². The van der Waals surface area contributed by atoms with Crippen LogP contribution in [0.4, 0.5) is 0 Å². The van der Waals surface area contributed by atoms with Crippen molar-refractivity contribution in [1.82, 2.24) is 0 Å². The number of hydrogen-bond acceptors (Lipinski definition) is 0. The zero-order chi connectivity index (χ0) is 16.9. The Morgan fingerprint density at radius 2 is 1.05 bits per heavy atom. The van der Waals surface area contributed by atoms with Gasteiger partial charge in [0.25, 0.3) is 0 Å². The molecule has 0 unspecified atom stereocenters. The Balaban J connectivity index is 0.000000224. The van der Waals surface area contributed by atoms with E-state index in [-0.39, 0.29) is 0 Å². The average molecular weight is 296 g/mol. The number of benzene rings is 2. The van der Waals surface area contributed by atoms with Gasteiger partial charge in [-0.1, -0.05) is 75.2 Å². The van der Waals surface area contributed by atoms with Gasteiger partial charge in [-0.15, -0.1) is 0 Å². The van der Waals surface area contributed by atoms with Gasteiger partial charge in [-0.05, 0) is 61.8 Å². The van der Waals surface area contributed by atoms with E-state index in [2.05, 4.69) is 91.8 Å². The van der Waals surface area contributed by atoms with E-state index in [1.807, 2.05) is 0 Å². The SMILES string of the molecule is Cc1cc(C)c(C(C)C)c(C)c1.Cc1ccc(C(C)C)cc1. The Hall–Kier alpha value is -1.56. The van der Waals surface area contributed by atoms with Gasteiger partial charge >= 0.3 is 0 Å². The number of hydrogen-bond donors (Lipinski definition) is 0. The van der Waals surface area contributed by atoms with Crippen LogP contribution in [-0.4, -0.2) is 0 Å². The second-order valence-corrected chi connectivity index (χ2v) is 7.03. The molecule has 0 amide bonds. The first-order valence-electron chi connectivity index (χ1n) is 8.36. The van der Waals surface area contributed by atoms with Crippen molar-refractivity contribution < 1.29 is 0 Å². The van der Waals surface area contributed by atoms with Gasteiger partial charge in [0.2, 0.25) is 0 Å². The minimum Gasteiger partial charge on any atom is -0.0590 e. The van der Waals surface area contributed by atoms with Crippen LogP contribution in [-0.2, 0) is 0 Å². The maximum atomic E-state index is 2.27. The van der Waals surface area contributed by atoms with E-state index in [0.717, 1.165) is 0 Å². The molecule has 0 aliphatic carbocycles. The normalized spacial score (nSPS) is 10.6. The minimum absolute atomic E-state index is 0.644. The van der Waals surface area contributed by atoms with Crippen molar-refractivity contribution in [2.75, 3.05) is 0 Å². The molecule has 0 heterocycles. The summed E-state index contributed by atoms with van der Waals surface area (Å²) in [4.78, 5) is 0. The maximum Gasteiger partial charge on any atom is -0.0214 e. The van der Waals surface area contributed by atoms with Crippen molar-refractivity contribution in [2.24, 2.45) is 0 Å². The van der Waals surface area contributed by atoms with E-state index in [0.29, 0.717) is 11.8 Å². The molecule has 0 nitrogen and oxygen atoms in total. The van der Waals surface area contributed by atoms with Crippen molar-refractivity contribution in [3.05, 3.63) is 69.8 Å². The number of aryl methyl sites for hydroxylation is 4. The van der Waals surface area contributed by atoms with Gasteiger partial charge < -0.3 is 0 Å².